The van der Waals surface area contributed by atoms with Crippen LogP contribution in [0.4, 0.5) is 23.7 Å². The first kappa shape index (κ1) is 30.0. The van der Waals surface area contributed by atoms with Crippen molar-refractivity contribution in [3.63, 3.8) is 0 Å². The normalized spacial score (nSPS) is 12.3. The zero-order valence-corrected chi connectivity index (χ0v) is 21.4. The monoisotopic (exact) mass is 524 g/mol. The van der Waals surface area contributed by atoms with E-state index in [1.54, 1.807) is 36.1 Å². The summed E-state index contributed by atoms with van der Waals surface area (Å²) in [6, 6.07) is 10.9. The molecule has 0 spiro atoms. The third-order valence-corrected chi connectivity index (χ3v) is 6.00. The zero-order valence-electron chi connectivity index (χ0n) is 21.4. The Morgan fingerprint density at radius 1 is 1.00 bits per heavy atom. The maximum Gasteiger partial charge on any atom is 0.416 e. The van der Waals surface area contributed by atoms with Crippen LogP contribution in [0.15, 0.2) is 48.5 Å². The SMILES string of the molecule is CCOC(Cc1ccc(OCCN(CC(CC)CC)C(=O)Nc2ccc(C(F)(F)F)cc2)cc1)C(=O)O. The third-order valence-electron chi connectivity index (χ3n) is 6.00. The number of carbonyl (C=O) groups excluding carboxylic acids is 1. The van der Waals surface area contributed by atoms with Crippen LogP contribution in [0, 0.1) is 5.92 Å². The van der Waals surface area contributed by atoms with Crippen molar-refractivity contribution in [3.05, 3.63) is 59.7 Å². The molecule has 0 saturated carbocycles. The van der Waals surface area contributed by atoms with Crippen molar-refractivity contribution in [1.29, 1.82) is 0 Å². The minimum absolute atomic E-state index is 0.205. The Morgan fingerprint density at radius 3 is 2.14 bits per heavy atom. The Kier molecular flexibility index (Phi) is 11.7. The zero-order chi connectivity index (χ0) is 27.4. The van der Waals surface area contributed by atoms with E-state index in [2.05, 4.69) is 5.32 Å². The largest absolute Gasteiger partial charge is 0.492 e. The van der Waals surface area contributed by atoms with Crippen LogP contribution in [-0.4, -0.2) is 54.4 Å². The quantitative estimate of drug-likeness (QED) is 0.312. The maximum absolute atomic E-state index is 12.9. The molecule has 204 valence electrons. The predicted octanol–water partition coefficient (Wildman–Crippen LogP) is 6.09. The number of aliphatic carboxylic acids is 1. The summed E-state index contributed by atoms with van der Waals surface area (Å²) in [6.45, 7) is 7.08. The minimum Gasteiger partial charge on any atom is -0.492 e. The van der Waals surface area contributed by atoms with Crippen molar-refractivity contribution in [2.45, 2.75) is 52.3 Å². The lowest BCUT2D eigenvalue weighted by Gasteiger charge is -2.27. The number of carbonyl (C=O) groups is 2. The summed E-state index contributed by atoms with van der Waals surface area (Å²) in [5, 5.41) is 11.9. The lowest BCUT2D eigenvalue weighted by Crippen LogP contribution is -2.40. The number of benzene rings is 2. The molecule has 0 radical (unpaired) electrons. The smallest absolute Gasteiger partial charge is 0.416 e. The number of alkyl halides is 3. The summed E-state index contributed by atoms with van der Waals surface area (Å²) in [7, 11) is 0. The number of nitrogens with zero attached hydrogens (tertiary/aromatic N) is 1. The molecule has 0 aliphatic heterocycles. The molecule has 1 atom stereocenters. The van der Waals surface area contributed by atoms with Gasteiger partial charge in [-0.25, -0.2) is 9.59 Å². The molecule has 0 heterocycles. The van der Waals surface area contributed by atoms with Crippen LogP contribution in [0.5, 0.6) is 5.75 Å². The average Bonchev–Trinajstić information content (AvgIpc) is 2.86. The Balaban J connectivity index is 1.98. The Labute approximate surface area is 215 Å². The Hall–Kier alpha value is -3.27. The summed E-state index contributed by atoms with van der Waals surface area (Å²) in [4.78, 5) is 25.8. The number of ether oxygens (including phenoxy) is 2. The van der Waals surface area contributed by atoms with Crippen LogP contribution in [0.1, 0.15) is 44.7 Å². The molecule has 0 aliphatic rings. The molecule has 37 heavy (non-hydrogen) atoms. The number of urea groups is 1. The number of nitrogens with one attached hydrogen (secondary N) is 1. The first-order valence-electron chi connectivity index (χ1n) is 12.4. The van der Waals surface area contributed by atoms with E-state index < -0.39 is 29.8 Å². The summed E-state index contributed by atoms with van der Waals surface area (Å²) < 4.78 is 49.5. The van der Waals surface area contributed by atoms with Gasteiger partial charge < -0.3 is 24.8 Å². The van der Waals surface area contributed by atoms with Gasteiger partial charge in [-0.05, 0) is 54.8 Å². The van der Waals surface area contributed by atoms with E-state index in [0.29, 0.717) is 18.9 Å². The topological polar surface area (TPSA) is 88.1 Å². The number of carboxylic acid groups (broad SMARTS) is 1. The molecule has 10 heteroatoms. The van der Waals surface area contributed by atoms with Crippen LogP contribution in [-0.2, 0) is 22.1 Å². The molecular formula is C27H35F3N2O5. The summed E-state index contributed by atoms with van der Waals surface area (Å²) in [5.41, 5.74) is 0.283. The maximum atomic E-state index is 12.9. The van der Waals surface area contributed by atoms with Gasteiger partial charge in [0.2, 0.25) is 0 Å². The molecule has 2 N–H and O–H groups in total. The van der Waals surface area contributed by atoms with Gasteiger partial charge in [0.1, 0.15) is 12.4 Å². The van der Waals surface area contributed by atoms with Crippen molar-refractivity contribution in [2.75, 3.05) is 31.6 Å². The molecule has 0 aromatic heterocycles. The number of anilines is 1. The molecule has 0 saturated heterocycles. The highest BCUT2D eigenvalue weighted by Gasteiger charge is 2.30. The summed E-state index contributed by atoms with van der Waals surface area (Å²) >= 11 is 0. The highest BCUT2D eigenvalue weighted by atomic mass is 19.4. The van der Waals surface area contributed by atoms with Crippen LogP contribution >= 0.6 is 0 Å². The summed E-state index contributed by atoms with van der Waals surface area (Å²) in [6.07, 6.45) is -3.37. The van der Waals surface area contributed by atoms with E-state index in [1.165, 1.54) is 12.1 Å². The van der Waals surface area contributed by atoms with Crippen molar-refractivity contribution >= 4 is 17.7 Å². The predicted molar refractivity (Wildman–Crippen MR) is 135 cm³/mol. The number of amides is 2. The number of halogens is 3. The molecule has 1 unspecified atom stereocenters. The number of hydrogen-bond donors (Lipinski definition) is 2. The lowest BCUT2D eigenvalue weighted by molar-refractivity contribution is -0.150. The van der Waals surface area contributed by atoms with Gasteiger partial charge in [0.25, 0.3) is 0 Å². The summed E-state index contributed by atoms with van der Waals surface area (Å²) in [5.74, 6) is -0.183. The van der Waals surface area contributed by atoms with E-state index >= 15 is 0 Å². The number of hydrogen-bond acceptors (Lipinski definition) is 4. The van der Waals surface area contributed by atoms with Crippen LogP contribution in [0.2, 0.25) is 0 Å². The van der Waals surface area contributed by atoms with E-state index in [4.69, 9.17) is 9.47 Å². The number of carboxylic acids is 1. The van der Waals surface area contributed by atoms with Crippen molar-refractivity contribution in [1.82, 2.24) is 4.90 Å². The minimum atomic E-state index is -4.44. The molecule has 2 aromatic rings. The van der Waals surface area contributed by atoms with Gasteiger partial charge in [-0.3, -0.25) is 0 Å². The van der Waals surface area contributed by atoms with Gasteiger partial charge >= 0.3 is 18.2 Å². The molecular weight excluding hydrogens is 489 g/mol. The first-order valence-corrected chi connectivity index (χ1v) is 12.4. The van der Waals surface area contributed by atoms with E-state index in [1.807, 2.05) is 13.8 Å². The second-order valence-corrected chi connectivity index (χ2v) is 8.61. The Morgan fingerprint density at radius 2 is 1.62 bits per heavy atom. The highest BCUT2D eigenvalue weighted by molar-refractivity contribution is 5.89. The molecule has 2 rings (SSSR count). The standard InChI is InChI=1S/C27H35F3N2O5/c1-4-19(5-2)18-32(26(35)31-22-11-9-21(10-12-22)27(28,29)30)15-16-37-23-13-7-20(8-14-23)17-24(25(33)34)36-6-3/h7-14,19,24H,4-6,15-18H2,1-3H3,(H,31,35)(H,33,34). The van der Waals surface area contributed by atoms with Crippen LogP contribution in [0.25, 0.3) is 0 Å². The molecule has 2 aromatic carbocycles. The lowest BCUT2D eigenvalue weighted by atomic mass is 10.0. The van der Waals surface area contributed by atoms with Gasteiger partial charge in [-0.15, -0.1) is 0 Å². The molecule has 7 nitrogen and oxygen atoms in total. The Bertz CT molecular complexity index is 977. The highest BCUT2D eigenvalue weighted by Crippen LogP contribution is 2.30. The average molecular weight is 525 g/mol. The van der Waals surface area contributed by atoms with E-state index in [-0.39, 0.29) is 31.2 Å². The van der Waals surface area contributed by atoms with E-state index in [0.717, 1.165) is 30.5 Å². The fourth-order valence-corrected chi connectivity index (χ4v) is 3.71. The fraction of sp³-hybridized carbons (Fsp3) is 0.481. The fourth-order valence-electron chi connectivity index (χ4n) is 3.71. The second-order valence-electron chi connectivity index (χ2n) is 8.61. The van der Waals surface area contributed by atoms with Crippen molar-refractivity contribution < 1.29 is 37.3 Å². The molecule has 0 aliphatic carbocycles. The number of rotatable bonds is 14. The third kappa shape index (κ3) is 9.95. The second kappa shape index (κ2) is 14.5. The van der Waals surface area contributed by atoms with Gasteiger partial charge in [0.05, 0.1) is 12.1 Å². The van der Waals surface area contributed by atoms with Gasteiger partial charge in [-0.2, -0.15) is 13.2 Å². The van der Waals surface area contributed by atoms with Crippen molar-refractivity contribution in [3.8, 4) is 5.75 Å². The van der Waals surface area contributed by atoms with Gasteiger partial charge in [-0.1, -0.05) is 38.8 Å². The molecule has 2 amide bonds. The first-order chi connectivity index (χ1) is 17.6. The molecule has 0 fully saturated rings. The van der Waals surface area contributed by atoms with Crippen LogP contribution < -0.4 is 10.1 Å². The van der Waals surface area contributed by atoms with Crippen molar-refractivity contribution in [2.24, 2.45) is 5.92 Å². The molecule has 0 bridgehead atoms. The van der Waals surface area contributed by atoms with E-state index in [9.17, 15) is 27.9 Å². The van der Waals surface area contributed by atoms with Gasteiger partial charge in [0, 0.05) is 25.3 Å². The van der Waals surface area contributed by atoms with Gasteiger partial charge in [0.15, 0.2) is 6.10 Å². The van der Waals surface area contributed by atoms with Crippen LogP contribution in [0.3, 0.4) is 0 Å².